The molecule has 0 bridgehead atoms. The summed E-state index contributed by atoms with van der Waals surface area (Å²) >= 11 is 0. The minimum Gasteiger partial charge on any atom is -0.458 e. The van der Waals surface area contributed by atoms with Gasteiger partial charge in [-0.25, -0.2) is 9.97 Å². The van der Waals surface area contributed by atoms with Gasteiger partial charge in [0.05, 0.1) is 13.0 Å². The SMILES string of the molecule is O=C(Cc1ccccc1)N1CCCC(Oc2ncccn2)C1. The molecule has 5 nitrogen and oxygen atoms in total. The number of carbonyl (C=O) groups excluding carboxylic acids is 1. The third kappa shape index (κ3) is 3.81. The summed E-state index contributed by atoms with van der Waals surface area (Å²) in [6.07, 6.45) is 5.59. The van der Waals surface area contributed by atoms with E-state index in [0.717, 1.165) is 24.9 Å². The minimum absolute atomic E-state index is 0.0316. The van der Waals surface area contributed by atoms with E-state index in [9.17, 15) is 4.79 Å². The van der Waals surface area contributed by atoms with Crippen LogP contribution in [0, 0.1) is 0 Å². The van der Waals surface area contributed by atoms with Crippen molar-refractivity contribution in [2.24, 2.45) is 0 Å². The minimum atomic E-state index is -0.0316. The summed E-state index contributed by atoms with van der Waals surface area (Å²) in [5, 5.41) is 0. The highest BCUT2D eigenvalue weighted by atomic mass is 16.5. The molecule has 3 rings (SSSR count). The number of carbonyl (C=O) groups is 1. The Balaban J connectivity index is 1.57. The smallest absolute Gasteiger partial charge is 0.316 e. The first-order chi connectivity index (χ1) is 10.8. The fourth-order valence-corrected chi connectivity index (χ4v) is 2.64. The van der Waals surface area contributed by atoms with Gasteiger partial charge in [-0.1, -0.05) is 30.3 Å². The van der Waals surface area contributed by atoms with Crippen LogP contribution in [0.2, 0.25) is 0 Å². The van der Waals surface area contributed by atoms with E-state index < -0.39 is 0 Å². The van der Waals surface area contributed by atoms with Gasteiger partial charge in [-0.05, 0) is 24.5 Å². The number of likely N-dealkylation sites (tertiary alicyclic amines) is 1. The first kappa shape index (κ1) is 14.5. The lowest BCUT2D eigenvalue weighted by atomic mass is 10.1. The maximum absolute atomic E-state index is 12.4. The van der Waals surface area contributed by atoms with Crippen molar-refractivity contribution >= 4 is 5.91 Å². The second-order valence-corrected chi connectivity index (χ2v) is 5.42. The van der Waals surface area contributed by atoms with Gasteiger partial charge in [0.15, 0.2) is 0 Å². The molecule has 1 aromatic heterocycles. The Kier molecular flexibility index (Phi) is 4.63. The van der Waals surface area contributed by atoms with Crippen LogP contribution >= 0.6 is 0 Å². The predicted octanol–water partition coefficient (Wildman–Crippen LogP) is 2.09. The molecule has 1 atom stereocenters. The van der Waals surface area contributed by atoms with E-state index in [4.69, 9.17) is 4.74 Å². The number of hydrogen-bond acceptors (Lipinski definition) is 4. The monoisotopic (exact) mass is 297 g/mol. The summed E-state index contributed by atoms with van der Waals surface area (Å²) < 4.78 is 5.77. The molecule has 2 aromatic rings. The first-order valence-electron chi connectivity index (χ1n) is 7.56. The Morgan fingerprint density at radius 3 is 2.73 bits per heavy atom. The number of ether oxygens (including phenoxy) is 1. The molecule has 5 heteroatoms. The summed E-state index contributed by atoms with van der Waals surface area (Å²) in [7, 11) is 0. The van der Waals surface area contributed by atoms with Crippen LogP contribution in [0.1, 0.15) is 18.4 Å². The molecular weight excluding hydrogens is 278 g/mol. The van der Waals surface area contributed by atoms with Crippen LogP contribution in [-0.4, -0.2) is 40.0 Å². The van der Waals surface area contributed by atoms with Crippen LogP contribution in [0.25, 0.3) is 0 Å². The number of nitrogens with zero attached hydrogens (tertiary/aromatic N) is 3. The fourth-order valence-electron chi connectivity index (χ4n) is 2.64. The van der Waals surface area contributed by atoms with E-state index in [1.54, 1.807) is 18.5 Å². The highest BCUT2D eigenvalue weighted by Crippen LogP contribution is 2.16. The average molecular weight is 297 g/mol. The van der Waals surface area contributed by atoms with Crippen molar-refractivity contribution in [2.75, 3.05) is 13.1 Å². The quantitative estimate of drug-likeness (QED) is 0.867. The van der Waals surface area contributed by atoms with Gasteiger partial charge in [0.1, 0.15) is 6.10 Å². The highest BCUT2D eigenvalue weighted by molar-refractivity contribution is 5.78. The van der Waals surface area contributed by atoms with Crippen molar-refractivity contribution in [3.05, 3.63) is 54.4 Å². The number of hydrogen-bond donors (Lipinski definition) is 0. The lowest BCUT2D eigenvalue weighted by Crippen LogP contribution is -2.45. The molecule has 1 aromatic carbocycles. The van der Waals surface area contributed by atoms with Crippen LogP contribution in [-0.2, 0) is 11.2 Å². The van der Waals surface area contributed by atoms with Crippen molar-refractivity contribution in [3.63, 3.8) is 0 Å². The van der Waals surface area contributed by atoms with Gasteiger partial charge in [-0.3, -0.25) is 4.79 Å². The predicted molar refractivity (Wildman–Crippen MR) is 82.4 cm³/mol. The van der Waals surface area contributed by atoms with Crippen LogP contribution in [0.5, 0.6) is 6.01 Å². The lowest BCUT2D eigenvalue weighted by molar-refractivity contribution is -0.133. The van der Waals surface area contributed by atoms with E-state index in [0.29, 0.717) is 19.0 Å². The van der Waals surface area contributed by atoms with E-state index in [1.165, 1.54) is 0 Å². The zero-order chi connectivity index (χ0) is 15.2. The summed E-state index contributed by atoms with van der Waals surface area (Å²) in [5.41, 5.74) is 1.04. The number of rotatable bonds is 4. The van der Waals surface area contributed by atoms with E-state index in [1.807, 2.05) is 35.2 Å². The summed E-state index contributed by atoms with van der Waals surface area (Å²) in [6.45, 7) is 1.39. The van der Waals surface area contributed by atoms with Crippen LogP contribution in [0.3, 0.4) is 0 Å². The van der Waals surface area contributed by atoms with E-state index in [-0.39, 0.29) is 12.0 Å². The van der Waals surface area contributed by atoms with Crippen molar-refractivity contribution in [1.29, 1.82) is 0 Å². The molecule has 1 saturated heterocycles. The molecule has 1 fully saturated rings. The van der Waals surface area contributed by atoms with Gasteiger partial charge < -0.3 is 9.64 Å². The molecule has 0 saturated carbocycles. The first-order valence-corrected chi connectivity index (χ1v) is 7.56. The van der Waals surface area contributed by atoms with Crippen molar-refractivity contribution in [3.8, 4) is 6.01 Å². The molecule has 0 spiro atoms. The summed E-state index contributed by atoms with van der Waals surface area (Å²) in [6, 6.07) is 12.0. The number of benzene rings is 1. The molecule has 1 aliphatic heterocycles. The van der Waals surface area contributed by atoms with Crippen molar-refractivity contribution in [2.45, 2.75) is 25.4 Å². The van der Waals surface area contributed by atoms with Crippen LogP contribution < -0.4 is 4.74 Å². The van der Waals surface area contributed by atoms with Gasteiger partial charge in [0.25, 0.3) is 0 Å². The molecule has 1 amide bonds. The molecule has 1 aliphatic rings. The van der Waals surface area contributed by atoms with Gasteiger partial charge >= 0.3 is 6.01 Å². The Morgan fingerprint density at radius 2 is 1.95 bits per heavy atom. The van der Waals surface area contributed by atoms with Crippen LogP contribution in [0.15, 0.2) is 48.8 Å². The normalized spacial score (nSPS) is 18.0. The average Bonchev–Trinajstić information content (AvgIpc) is 2.57. The molecular formula is C17H19N3O2. The van der Waals surface area contributed by atoms with Crippen LogP contribution in [0.4, 0.5) is 0 Å². The highest BCUT2D eigenvalue weighted by Gasteiger charge is 2.25. The molecule has 0 aliphatic carbocycles. The number of piperidine rings is 1. The zero-order valence-electron chi connectivity index (χ0n) is 12.4. The molecule has 2 heterocycles. The summed E-state index contributed by atoms with van der Waals surface area (Å²) in [5.74, 6) is 0.147. The Morgan fingerprint density at radius 1 is 1.18 bits per heavy atom. The largest absolute Gasteiger partial charge is 0.458 e. The van der Waals surface area contributed by atoms with Gasteiger partial charge in [0.2, 0.25) is 5.91 Å². The fraction of sp³-hybridized carbons (Fsp3) is 0.353. The molecule has 114 valence electrons. The third-order valence-electron chi connectivity index (χ3n) is 3.74. The molecule has 0 radical (unpaired) electrons. The Labute approximate surface area is 130 Å². The summed E-state index contributed by atoms with van der Waals surface area (Å²) in [4.78, 5) is 22.4. The Bertz CT molecular complexity index is 604. The maximum atomic E-state index is 12.4. The maximum Gasteiger partial charge on any atom is 0.316 e. The van der Waals surface area contributed by atoms with Crippen molar-refractivity contribution in [1.82, 2.24) is 14.9 Å². The second-order valence-electron chi connectivity index (χ2n) is 5.42. The third-order valence-corrected chi connectivity index (χ3v) is 3.74. The molecule has 0 N–H and O–H groups in total. The topological polar surface area (TPSA) is 55.3 Å². The zero-order valence-corrected chi connectivity index (χ0v) is 12.4. The number of aromatic nitrogens is 2. The van der Waals surface area contributed by atoms with Crippen molar-refractivity contribution < 1.29 is 9.53 Å². The molecule has 1 unspecified atom stereocenters. The number of amides is 1. The van der Waals surface area contributed by atoms with E-state index >= 15 is 0 Å². The van der Waals surface area contributed by atoms with Gasteiger partial charge in [-0.2, -0.15) is 0 Å². The van der Waals surface area contributed by atoms with Gasteiger partial charge in [0, 0.05) is 18.9 Å². The standard InChI is InChI=1S/C17H19N3O2/c21-16(12-14-6-2-1-3-7-14)20-11-4-8-15(13-20)22-17-18-9-5-10-19-17/h1-3,5-7,9-10,15H,4,8,11-13H2. The Hall–Kier alpha value is -2.43. The lowest BCUT2D eigenvalue weighted by Gasteiger charge is -2.32. The van der Waals surface area contributed by atoms with E-state index in [2.05, 4.69) is 9.97 Å². The van der Waals surface area contributed by atoms with Gasteiger partial charge in [-0.15, -0.1) is 0 Å². The second kappa shape index (κ2) is 7.02. The molecule has 22 heavy (non-hydrogen) atoms.